The molecule has 0 radical (unpaired) electrons. The van der Waals surface area contributed by atoms with Crippen molar-refractivity contribution in [2.45, 2.75) is 25.3 Å². The van der Waals surface area contributed by atoms with E-state index in [4.69, 9.17) is 4.74 Å². The molecule has 0 spiro atoms. The van der Waals surface area contributed by atoms with Crippen LogP contribution in [0.1, 0.15) is 17.1 Å². The summed E-state index contributed by atoms with van der Waals surface area (Å²) in [5.74, 6) is -4.66. The van der Waals surface area contributed by atoms with E-state index >= 15 is 0 Å². The van der Waals surface area contributed by atoms with Crippen molar-refractivity contribution >= 4 is 29.1 Å². The van der Waals surface area contributed by atoms with Gasteiger partial charge in [0.15, 0.2) is 10.8 Å². The molecule has 8 nitrogen and oxygen atoms in total. The predicted octanol–water partition coefficient (Wildman–Crippen LogP) is 1.02. The zero-order valence-corrected chi connectivity index (χ0v) is 15.5. The first-order valence-corrected chi connectivity index (χ1v) is 8.97. The molecule has 1 fully saturated rings. The summed E-state index contributed by atoms with van der Waals surface area (Å²) in [5, 5.41) is 14.7. The number of ether oxygens (including phenoxy) is 1. The molecule has 0 bridgehead atoms. The Labute approximate surface area is 157 Å². The van der Waals surface area contributed by atoms with Crippen LogP contribution in [0.2, 0.25) is 0 Å². The molecule has 1 atom stereocenters. The Bertz CT molecular complexity index is 836. The lowest BCUT2D eigenvalue weighted by Gasteiger charge is -2.26. The van der Waals surface area contributed by atoms with Crippen LogP contribution in [0.4, 0.5) is 8.78 Å². The monoisotopic (exact) mass is 400 g/mol. The molecule has 1 aromatic heterocycles. The third-order valence-corrected chi connectivity index (χ3v) is 5.26. The fourth-order valence-electron chi connectivity index (χ4n) is 3.04. The van der Waals surface area contributed by atoms with Crippen LogP contribution in [0, 0.1) is 6.92 Å². The average molecular weight is 400 g/mol. The Morgan fingerprint density at radius 3 is 2.85 bits per heavy atom. The number of aliphatic imine (C=N–C) groups is 1. The highest BCUT2D eigenvalue weighted by molar-refractivity contribution is 7.11. The molecule has 1 aromatic rings. The fraction of sp³-hybridized carbons (Fsp3) is 0.500. The first kappa shape index (κ1) is 19.4. The lowest BCUT2D eigenvalue weighted by atomic mass is 10.1. The third kappa shape index (κ3) is 4.14. The van der Waals surface area contributed by atoms with Crippen LogP contribution in [0.3, 0.4) is 0 Å². The van der Waals surface area contributed by atoms with Gasteiger partial charge >= 0.3 is 11.9 Å². The van der Waals surface area contributed by atoms with Gasteiger partial charge in [-0.1, -0.05) is 0 Å². The van der Waals surface area contributed by atoms with Gasteiger partial charge in [-0.25, -0.2) is 18.6 Å². The number of hydrogen-bond donors (Lipinski definition) is 2. The molecule has 2 aliphatic rings. The Hall–Kier alpha value is -2.40. The van der Waals surface area contributed by atoms with E-state index < -0.39 is 36.9 Å². The molecule has 11 heteroatoms. The summed E-state index contributed by atoms with van der Waals surface area (Å²) in [4.78, 5) is 33.2. The summed E-state index contributed by atoms with van der Waals surface area (Å²) in [6.07, 6.45) is -0.768. The molecule has 2 aliphatic heterocycles. The van der Waals surface area contributed by atoms with Gasteiger partial charge in [0.25, 0.3) is 5.92 Å². The number of esters is 1. The first-order chi connectivity index (χ1) is 12.7. The first-order valence-electron chi connectivity index (χ1n) is 8.09. The number of rotatable bonds is 5. The molecule has 2 N–H and O–H groups in total. The Morgan fingerprint density at radius 2 is 2.26 bits per heavy atom. The number of aliphatic carboxylic acids is 1. The third-order valence-electron chi connectivity index (χ3n) is 4.30. The number of nitrogens with one attached hydrogen (secondary N) is 1. The van der Waals surface area contributed by atoms with Crippen LogP contribution in [0.5, 0.6) is 0 Å². The minimum Gasteiger partial charge on any atom is -0.480 e. The summed E-state index contributed by atoms with van der Waals surface area (Å²) in [7, 11) is 1.21. The molecule has 3 heterocycles. The average Bonchev–Trinajstić information content (AvgIpc) is 3.17. The van der Waals surface area contributed by atoms with Crippen LogP contribution in [-0.4, -0.2) is 71.5 Å². The number of carbonyl (C=O) groups excluding carboxylic acids is 1. The maximum absolute atomic E-state index is 13.8. The largest absolute Gasteiger partial charge is 0.480 e. The molecule has 27 heavy (non-hydrogen) atoms. The number of halogens is 2. The maximum Gasteiger partial charge on any atom is 0.337 e. The Kier molecular flexibility index (Phi) is 5.24. The number of likely N-dealkylation sites (tertiary alicyclic amines) is 1. The molecule has 0 aliphatic carbocycles. The van der Waals surface area contributed by atoms with Gasteiger partial charge in [0.2, 0.25) is 0 Å². The number of hydrogen-bond acceptors (Lipinski definition) is 8. The van der Waals surface area contributed by atoms with E-state index in [1.165, 1.54) is 18.4 Å². The van der Waals surface area contributed by atoms with Crippen molar-refractivity contribution in [3.05, 3.63) is 27.4 Å². The highest BCUT2D eigenvalue weighted by Crippen LogP contribution is 2.33. The normalized spacial score (nSPS) is 22.4. The van der Waals surface area contributed by atoms with Gasteiger partial charge in [0, 0.05) is 29.7 Å². The van der Waals surface area contributed by atoms with Crippen LogP contribution >= 0.6 is 11.3 Å². The second kappa shape index (κ2) is 7.31. The fourth-order valence-corrected chi connectivity index (χ4v) is 3.80. The number of carboxylic acids is 1. The number of alkyl halides is 2. The quantitative estimate of drug-likeness (QED) is 0.711. The second-order valence-electron chi connectivity index (χ2n) is 6.35. The molecule has 3 rings (SSSR count). The highest BCUT2D eigenvalue weighted by atomic mass is 32.1. The number of amidine groups is 1. The van der Waals surface area contributed by atoms with Gasteiger partial charge < -0.3 is 15.2 Å². The smallest absolute Gasteiger partial charge is 0.337 e. The molecule has 146 valence electrons. The van der Waals surface area contributed by atoms with E-state index in [0.717, 1.165) is 10.6 Å². The molecular weight excluding hydrogens is 382 g/mol. The van der Waals surface area contributed by atoms with Crippen molar-refractivity contribution in [3.63, 3.8) is 0 Å². The SMILES string of the molecule is COC(=O)C1=C(CN2CC(F)(F)CC2C(=O)O)NC(c2nc(C)cs2)=NC1. The topological polar surface area (TPSA) is 104 Å². The van der Waals surface area contributed by atoms with Crippen molar-refractivity contribution < 1.29 is 28.2 Å². The van der Waals surface area contributed by atoms with Gasteiger partial charge in [-0.3, -0.25) is 14.7 Å². The number of aromatic nitrogens is 1. The summed E-state index contributed by atoms with van der Waals surface area (Å²) < 4.78 is 32.3. The molecule has 1 saturated heterocycles. The number of nitrogens with zero attached hydrogens (tertiary/aromatic N) is 3. The van der Waals surface area contributed by atoms with Crippen LogP contribution in [0.15, 0.2) is 21.6 Å². The van der Waals surface area contributed by atoms with Gasteiger partial charge in [-0.05, 0) is 6.92 Å². The van der Waals surface area contributed by atoms with Crippen molar-refractivity contribution in [2.24, 2.45) is 4.99 Å². The van der Waals surface area contributed by atoms with E-state index in [2.05, 4.69) is 15.3 Å². The summed E-state index contributed by atoms with van der Waals surface area (Å²) in [6, 6.07) is -1.34. The zero-order valence-electron chi connectivity index (χ0n) is 14.7. The molecule has 0 saturated carbocycles. The molecule has 0 amide bonds. The number of thiazole rings is 1. The van der Waals surface area contributed by atoms with Crippen LogP contribution in [0.25, 0.3) is 0 Å². The van der Waals surface area contributed by atoms with E-state index in [1.807, 2.05) is 12.3 Å². The summed E-state index contributed by atoms with van der Waals surface area (Å²) in [5.41, 5.74) is 1.27. The Balaban J connectivity index is 1.87. The van der Waals surface area contributed by atoms with Crippen molar-refractivity contribution in [1.29, 1.82) is 0 Å². The zero-order chi connectivity index (χ0) is 19.8. The van der Waals surface area contributed by atoms with Crippen molar-refractivity contribution in [2.75, 3.05) is 26.7 Å². The number of carbonyl (C=O) groups is 2. The lowest BCUT2D eigenvalue weighted by Crippen LogP contribution is -2.43. The number of methoxy groups -OCH3 is 1. The highest BCUT2D eigenvalue weighted by Gasteiger charge is 2.48. The molecule has 0 aromatic carbocycles. The van der Waals surface area contributed by atoms with Crippen LogP contribution in [-0.2, 0) is 14.3 Å². The second-order valence-corrected chi connectivity index (χ2v) is 7.21. The van der Waals surface area contributed by atoms with Gasteiger partial charge in [-0.2, -0.15) is 0 Å². The van der Waals surface area contributed by atoms with E-state index in [-0.39, 0.29) is 18.7 Å². The summed E-state index contributed by atoms with van der Waals surface area (Å²) in [6.45, 7) is 0.946. The van der Waals surface area contributed by atoms with E-state index in [9.17, 15) is 23.5 Å². The lowest BCUT2D eigenvalue weighted by molar-refractivity contribution is -0.142. The van der Waals surface area contributed by atoms with Crippen molar-refractivity contribution in [3.8, 4) is 0 Å². The number of aryl methyl sites for hydroxylation is 1. The predicted molar refractivity (Wildman–Crippen MR) is 93.0 cm³/mol. The standard InChI is InChI=1S/C16H18F2N4O4S/c1-8-6-27-13(20-8)12-19-4-9(15(25)26-2)10(21-12)5-22-7-16(17,18)3-11(22)14(23)24/h6,11H,3-5,7H2,1-2H3,(H,19,21)(H,23,24). The van der Waals surface area contributed by atoms with Gasteiger partial charge in [-0.15, -0.1) is 11.3 Å². The molecule has 1 unspecified atom stereocenters. The van der Waals surface area contributed by atoms with E-state index in [1.54, 1.807) is 0 Å². The van der Waals surface area contributed by atoms with Gasteiger partial charge in [0.05, 0.1) is 25.8 Å². The van der Waals surface area contributed by atoms with Gasteiger partial charge in [0.1, 0.15) is 6.04 Å². The number of carboxylic acid groups (broad SMARTS) is 1. The molecular formula is C16H18F2N4O4S. The Morgan fingerprint density at radius 1 is 1.52 bits per heavy atom. The maximum atomic E-state index is 13.8. The summed E-state index contributed by atoms with van der Waals surface area (Å²) >= 11 is 1.35. The minimum atomic E-state index is -3.10. The van der Waals surface area contributed by atoms with Crippen LogP contribution < -0.4 is 5.32 Å². The van der Waals surface area contributed by atoms with E-state index in [0.29, 0.717) is 16.5 Å². The minimum absolute atomic E-state index is 0.00899. The van der Waals surface area contributed by atoms with Crippen molar-refractivity contribution in [1.82, 2.24) is 15.2 Å².